The van der Waals surface area contributed by atoms with Crippen LogP contribution in [-0.4, -0.2) is 47.2 Å². The van der Waals surface area contributed by atoms with Gasteiger partial charge in [-0.15, -0.1) is 0 Å². The highest BCUT2D eigenvalue weighted by Gasteiger charge is 2.39. The monoisotopic (exact) mass is 473 g/mol. The smallest absolute Gasteiger partial charge is 0.475 e. The quantitative estimate of drug-likeness (QED) is 0.557. The van der Waals surface area contributed by atoms with Crippen molar-refractivity contribution in [2.45, 2.75) is 43.9 Å². The Morgan fingerprint density at radius 3 is 2.24 bits per heavy atom. The lowest BCUT2D eigenvalue weighted by molar-refractivity contribution is -0.192. The van der Waals surface area contributed by atoms with E-state index < -0.39 is 12.1 Å². The van der Waals surface area contributed by atoms with Crippen molar-refractivity contribution in [1.29, 1.82) is 5.26 Å². The molecule has 2 fully saturated rings. The highest BCUT2D eigenvalue weighted by molar-refractivity contribution is 5.94. The van der Waals surface area contributed by atoms with Crippen molar-refractivity contribution in [3.8, 4) is 6.07 Å². The first-order valence-corrected chi connectivity index (χ1v) is 11.0. The van der Waals surface area contributed by atoms with Gasteiger partial charge < -0.3 is 15.3 Å². The van der Waals surface area contributed by atoms with E-state index in [4.69, 9.17) is 15.2 Å². The fraction of sp³-hybridized carbons (Fsp3) is 0.400. The number of nitrogens with one attached hydrogen (secondary N) is 1. The Hall–Kier alpha value is -3.38. The van der Waals surface area contributed by atoms with Gasteiger partial charge in [0.15, 0.2) is 0 Å². The van der Waals surface area contributed by atoms with Gasteiger partial charge in [-0.3, -0.25) is 4.79 Å². The number of aliphatic carboxylic acids is 1. The summed E-state index contributed by atoms with van der Waals surface area (Å²) in [6, 6.07) is 20.5. The van der Waals surface area contributed by atoms with Gasteiger partial charge >= 0.3 is 12.1 Å². The number of alkyl halides is 3. The summed E-state index contributed by atoms with van der Waals surface area (Å²) >= 11 is 0. The predicted molar refractivity (Wildman–Crippen MR) is 119 cm³/mol. The zero-order chi connectivity index (χ0) is 24.7. The zero-order valence-electron chi connectivity index (χ0n) is 18.5. The number of hydrogen-bond donors (Lipinski definition) is 2. The first kappa shape index (κ1) is 25.2. The standard InChI is InChI=1S/C23H25N3O.C2HF3O2/c24-12-13-26(16-18-4-2-1-3-5-18)23(27)20-10-8-19(9-11-20)21-14-22(21)25-15-17-6-7-17;3-2(4,5)1(6)7/h1-5,8-11,17,21-22,25H,6-7,13-16H2;(H,6,7). The van der Waals surface area contributed by atoms with Gasteiger partial charge in [-0.2, -0.15) is 18.4 Å². The molecule has 34 heavy (non-hydrogen) atoms. The molecule has 2 N–H and O–H groups in total. The van der Waals surface area contributed by atoms with Crippen molar-refractivity contribution in [3.63, 3.8) is 0 Å². The van der Waals surface area contributed by atoms with Crippen LogP contribution in [0.4, 0.5) is 13.2 Å². The largest absolute Gasteiger partial charge is 0.490 e. The maximum atomic E-state index is 12.8. The van der Waals surface area contributed by atoms with Crippen LogP contribution in [-0.2, 0) is 11.3 Å². The molecule has 0 aromatic heterocycles. The summed E-state index contributed by atoms with van der Waals surface area (Å²) in [5, 5.41) is 19.9. The van der Waals surface area contributed by atoms with Crippen molar-refractivity contribution in [1.82, 2.24) is 10.2 Å². The first-order chi connectivity index (χ1) is 16.2. The molecule has 0 aliphatic heterocycles. The number of benzene rings is 2. The summed E-state index contributed by atoms with van der Waals surface area (Å²) in [4.78, 5) is 23.3. The average molecular weight is 473 g/mol. The molecular formula is C25H26F3N3O3. The van der Waals surface area contributed by atoms with E-state index in [1.807, 2.05) is 42.5 Å². The van der Waals surface area contributed by atoms with Gasteiger partial charge in [-0.05, 0) is 55.0 Å². The van der Waals surface area contributed by atoms with Gasteiger partial charge in [0.2, 0.25) is 0 Å². The molecule has 1 amide bonds. The highest BCUT2D eigenvalue weighted by atomic mass is 19.4. The molecule has 180 valence electrons. The molecular weight excluding hydrogens is 447 g/mol. The molecule has 2 aliphatic rings. The predicted octanol–water partition coefficient (Wildman–Crippen LogP) is 4.34. The molecule has 2 unspecified atom stereocenters. The van der Waals surface area contributed by atoms with Gasteiger partial charge in [-0.1, -0.05) is 42.5 Å². The normalized spacial score (nSPS) is 18.8. The van der Waals surface area contributed by atoms with E-state index in [1.54, 1.807) is 4.90 Å². The van der Waals surface area contributed by atoms with E-state index in [1.165, 1.54) is 24.8 Å². The molecule has 2 aromatic carbocycles. The number of carboxylic acid groups (broad SMARTS) is 1. The Balaban J connectivity index is 0.000000406. The van der Waals surface area contributed by atoms with Crippen LogP contribution in [0.5, 0.6) is 0 Å². The van der Waals surface area contributed by atoms with Crippen molar-refractivity contribution >= 4 is 11.9 Å². The SMILES string of the molecule is N#CCN(Cc1ccccc1)C(=O)c1ccc(C2CC2NCC2CC2)cc1.O=C(O)C(F)(F)F. The number of rotatable bonds is 8. The van der Waals surface area contributed by atoms with E-state index in [0.29, 0.717) is 24.1 Å². The lowest BCUT2D eigenvalue weighted by Gasteiger charge is -2.20. The second-order valence-electron chi connectivity index (χ2n) is 8.53. The average Bonchev–Trinajstić information content (AvgIpc) is 3.73. The van der Waals surface area contributed by atoms with Crippen LogP contribution in [0.1, 0.15) is 46.7 Å². The second-order valence-corrected chi connectivity index (χ2v) is 8.53. The van der Waals surface area contributed by atoms with Gasteiger partial charge in [-0.25, -0.2) is 4.79 Å². The molecule has 0 bridgehead atoms. The van der Waals surface area contributed by atoms with E-state index in [0.717, 1.165) is 18.0 Å². The number of carboxylic acids is 1. The topological polar surface area (TPSA) is 93.4 Å². The van der Waals surface area contributed by atoms with E-state index in [-0.39, 0.29) is 12.5 Å². The molecule has 4 rings (SSSR count). The molecule has 0 spiro atoms. The van der Waals surface area contributed by atoms with Gasteiger partial charge in [0.05, 0.1) is 6.07 Å². The maximum Gasteiger partial charge on any atom is 0.490 e. The number of carbonyl (C=O) groups is 2. The third kappa shape index (κ3) is 7.59. The van der Waals surface area contributed by atoms with E-state index in [2.05, 4.69) is 23.5 Å². The third-order valence-electron chi connectivity index (χ3n) is 5.75. The fourth-order valence-corrected chi connectivity index (χ4v) is 3.57. The minimum absolute atomic E-state index is 0.0886. The summed E-state index contributed by atoms with van der Waals surface area (Å²) in [6.45, 7) is 1.69. The third-order valence-corrected chi connectivity index (χ3v) is 5.75. The van der Waals surface area contributed by atoms with Crippen LogP contribution < -0.4 is 5.32 Å². The summed E-state index contributed by atoms with van der Waals surface area (Å²) in [5.74, 6) is -1.37. The van der Waals surface area contributed by atoms with Gasteiger partial charge in [0, 0.05) is 24.1 Å². The van der Waals surface area contributed by atoms with E-state index >= 15 is 0 Å². The fourth-order valence-electron chi connectivity index (χ4n) is 3.57. The molecule has 9 heteroatoms. The summed E-state index contributed by atoms with van der Waals surface area (Å²) in [5.41, 5.74) is 2.98. The maximum absolute atomic E-state index is 12.8. The Bertz CT molecular complexity index is 1020. The van der Waals surface area contributed by atoms with Crippen molar-refractivity contribution in [2.24, 2.45) is 5.92 Å². The Morgan fingerprint density at radius 1 is 1.09 bits per heavy atom. The van der Waals surface area contributed by atoms with E-state index in [9.17, 15) is 18.0 Å². The molecule has 2 atom stereocenters. The van der Waals surface area contributed by atoms with Crippen LogP contribution >= 0.6 is 0 Å². The second kappa shape index (κ2) is 11.2. The van der Waals surface area contributed by atoms with Crippen LogP contribution in [0.25, 0.3) is 0 Å². The van der Waals surface area contributed by atoms with Crippen LogP contribution in [0.3, 0.4) is 0 Å². The molecule has 6 nitrogen and oxygen atoms in total. The van der Waals surface area contributed by atoms with Crippen molar-refractivity contribution < 1.29 is 27.9 Å². The number of carbonyl (C=O) groups excluding carboxylic acids is 1. The van der Waals surface area contributed by atoms with Crippen molar-refractivity contribution in [2.75, 3.05) is 13.1 Å². The summed E-state index contributed by atoms with van der Waals surface area (Å²) < 4.78 is 31.7. The number of halogens is 3. The number of nitrogens with zero attached hydrogens (tertiary/aromatic N) is 2. The molecule has 0 saturated heterocycles. The Morgan fingerprint density at radius 2 is 1.71 bits per heavy atom. The van der Waals surface area contributed by atoms with Crippen LogP contribution in [0.2, 0.25) is 0 Å². The minimum Gasteiger partial charge on any atom is -0.475 e. The Kier molecular flexibility index (Phi) is 8.29. The zero-order valence-corrected chi connectivity index (χ0v) is 18.5. The minimum atomic E-state index is -5.08. The molecule has 2 saturated carbocycles. The van der Waals surface area contributed by atoms with Gasteiger partial charge in [0.1, 0.15) is 6.54 Å². The molecule has 0 heterocycles. The molecule has 2 aliphatic carbocycles. The first-order valence-electron chi connectivity index (χ1n) is 11.0. The lowest BCUT2D eigenvalue weighted by atomic mass is 10.1. The summed E-state index contributed by atoms with van der Waals surface area (Å²) in [7, 11) is 0. The van der Waals surface area contributed by atoms with Crippen LogP contribution in [0.15, 0.2) is 54.6 Å². The highest BCUT2D eigenvalue weighted by Crippen LogP contribution is 2.41. The van der Waals surface area contributed by atoms with Gasteiger partial charge in [0.25, 0.3) is 5.91 Å². The Labute approximate surface area is 196 Å². The molecule has 0 radical (unpaired) electrons. The van der Waals surface area contributed by atoms with Crippen molar-refractivity contribution in [3.05, 3.63) is 71.3 Å². The number of nitriles is 1. The number of amides is 1. The molecule has 2 aromatic rings. The van der Waals surface area contributed by atoms with Crippen LogP contribution in [0, 0.1) is 17.2 Å². The lowest BCUT2D eigenvalue weighted by Crippen LogP contribution is -2.30. The summed E-state index contributed by atoms with van der Waals surface area (Å²) in [6.07, 6.45) is -1.14. The number of hydrogen-bond acceptors (Lipinski definition) is 4.